The summed E-state index contributed by atoms with van der Waals surface area (Å²) in [7, 11) is 0. The van der Waals surface area contributed by atoms with Crippen LogP contribution in [0.1, 0.15) is 57.5 Å². The van der Waals surface area contributed by atoms with Crippen LogP contribution in [0.2, 0.25) is 0 Å². The van der Waals surface area contributed by atoms with Crippen LogP contribution >= 0.6 is 0 Å². The number of ketones is 1. The van der Waals surface area contributed by atoms with Crippen LogP contribution in [0, 0.1) is 11.8 Å². The monoisotopic (exact) mass is 261 g/mol. The molecule has 0 aliphatic carbocycles. The Bertz CT molecular complexity index is 415. The lowest BCUT2D eigenvalue weighted by atomic mass is 9.90. The maximum atomic E-state index is 11.8. The van der Waals surface area contributed by atoms with Gasteiger partial charge >= 0.3 is 0 Å². The van der Waals surface area contributed by atoms with Gasteiger partial charge in [0.2, 0.25) is 0 Å². The quantitative estimate of drug-likeness (QED) is 0.783. The van der Waals surface area contributed by atoms with E-state index < -0.39 is 0 Å². The third-order valence-corrected chi connectivity index (χ3v) is 3.95. The maximum Gasteiger partial charge on any atom is 0.165 e. The lowest BCUT2D eigenvalue weighted by Gasteiger charge is -2.30. The number of benzene rings is 1. The Morgan fingerprint density at radius 1 is 1.11 bits per heavy atom. The van der Waals surface area contributed by atoms with Gasteiger partial charge in [-0.05, 0) is 25.3 Å². The Balaban J connectivity index is 2.66. The molecule has 0 aromatic heterocycles. The van der Waals surface area contributed by atoms with Crippen LogP contribution in [0.3, 0.4) is 0 Å². The molecule has 0 aliphatic rings. The zero-order valence-electron chi connectivity index (χ0n) is 13.1. The molecular formula is C17H27NO. The van der Waals surface area contributed by atoms with E-state index in [1.165, 1.54) is 5.56 Å². The van der Waals surface area contributed by atoms with E-state index >= 15 is 0 Å². The molecule has 19 heavy (non-hydrogen) atoms. The molecule has 0 spiro atoms. The van der Waals surface area contributed by atoms with Crippen LogP contribution in [-0.4, -0.2) is 11.3 Å². The fourth-order valence-corrected chi connectivity index (χ4v) is 1.65. The van der Waals surface area contributed by atoms with Crippen LogP contribution in [0.15, 0.2) is 24.3 Å². The second kappa shape index (κ2) is 6.33. The van der Waals surface area contributed by atoms with Gasteiger partial charge in [-0.2, -0.15) is 0 Å². The first-order valence-corrected chi connectivity index (χ1v) is 7.12. The molecular weight excluding hydrogens is 234 g/mol. The summed E-state index contributed by atoms with van der Waals surface area (Å²) >= 11 is 0. The van der Waals surface area contributed by atoms with Gasteiger partial charge in [-0.1, -0.05) is 52.0 Å². The number of hydrogen-bond acceptors (Lipinski definition) is 2. The normalized spacial score (nSPS) is 12.2. The Labute approximate surface area is 117 Å². The lowest BCUT2D eigenvalue weighted by Crippen LogP contribution is -2.43. The minimum Gasteiger partial charge on any atom is -0.307 e. The first kappa shape index (κ1) is 15.9. The van der Waals surface area contributed by atoms with E-state index in [1.807, 2.05) is 38.1 Å². The topological polar surface area (TPSA) is 29.1 Å². The molecule has 1 N–H and O–H groups in total. The van der Waals surface area contributed by atoms with E-state index in [0.29, 0.717) is 5.92 Å². The van der Waals surface area contributed by atoms with Gasteiger partial charge in [-0.3, -0.25) is 4.79 Å². The summed E-state index contributed by atoms with van der Waals surface area (Å²) in [6, 6.07) is 7.95. The third-order valence-electron chi connectivity index (χ3n) is 3.95. The Hall–Kier alpha value is -1.15. The highest BCUT2D eigenvalue weighted by Crippen LogP contribution is 2.16. The zero-order valence-corrected chi connectivity index (χ0v) is 13.1. The summed E-state index contributed by atoms with van der Waals surface area (Å²) < 4.78 is 0. The predicted octanol–water partition coefficient (Wildman–Crippen LogP) is 4.05. The van der Waals surface area contributed by atoms with Crippen molar-refractivity contribution in [1.82, 2.24) is 5.32 Å². The maximum absolute atomic E-state index is 11.8. The summed E-state index contributed by atoms with van der Waals surface area (Å²) in [6.45, 7) is 13.6. The van der Waals surface area contributed by atoms with E-state index in [0.717, 1.165) is 12.1 Å². The summed E-state index contributed by atoms with van der Waals surface area (Å²) in [4.78, 5) is 11.8. The van der Waals surface area contributed by atoms with Crippen molar-refractivity contribution >= 4 is 5.78 Å². The van der Waals surface area contributed by atoms with Crippen molar-refractivity contribution in [3.05, 3.63) is 35.4 Å². The summed E-state index contributed by atoms with van der Waals surface area (Å²) in [5.41, 5.74) is 2.14. The molecule has 0 amide bonds. The molecule has 0 bridgehead atoms. The van der Waals surface area contributed by atoms with Crippen LogP contribution in [-0.2, 0) is 6.54 Å². The molecule has 1 rings (SSSR count). The van der Waals surface area contributed by atoms with Gasteiger partial charge in [-0.25, -0.2) is 0 Å². The molecule has 0 heterocycles. The molecule has 0 saturated carbocycles. The molecule has 0 aliphatic heterocycles. The number of carbonyl (C=O) groups is 1. The van der Waals surface area contributed by atoms with Crippen LogP contribution in [0.4, 0.5) is 0 Å². The molecule has 106 valence electrons. The highest BCUT2D eigenvalue weighted by atomic mass is 16.1. The van der Waals surface area contributed by atoms with E-state index in [4.69, 9.17) is 0 Å². The van der Waals surface area contributed by atoms with E-state index in [1.54, 1.807) is 0 Å². The molecule has 0 saturated heterocycles. The standard InChI is InChI=1S/C17H27NO/c1-12(2)16(19)15-9-7-14(8-10-15)11-18-17(5,6)13(3)4/h7-10,12-13,18H,11H2,1-6H3. The van der Waals surface area contributed by atoms with Gasteiger partial charge in [-0.15, -0.1) is 0 Å². The molecule has 0 fully saturated rings. The van der Waals surface area contributed by atoms with Gasteiger partial charge < -0.3 is 5.32 Å². The summed E-state index contributed by atoms with van der Waals surface area (Å²) in [5.74, 6) is 0.847. The first-order valence-electron chi connectivity index (χ1n) is 7.12. The van der Waals surface area contributed by atoms with Gasteiger partial charge in [0.05, 0.1) is 0 Å². The fourth-order valence-electron chi connectivity index (χ4n) is 1.65. The highest BCUT2D eigenvalue weighted by molar-refractivity contribution is 5.97. The number of Topliss-reactive ketones (excluding diaryl/α,β-unsaturated/α-hetero) is 1. The van der Waals surface area contributed by atoms with E-state index in [2.05, 4.69) is 33.0 Å². The SMILES string of the molecule is CC(C)C(=O)c1ccc(CNC(C)(C)C(C)C)cc1. The molecule has 0 radical (unpaired) electrons. The fraction of sp³-hybridized carbons (Fsp3) is 0.588. The molecule has 1 aromatic rings. The second-order valence-electron chi connectivity index (χ2n) is 6.45. The Kier molecular flexibility index (Phi) is 5.30. The van der Waals surface area contributed by atoms with Crippen molar-refractivity contribution in [3.8, 4) is 0 Å². The summed E-state index contributed by atoms with van der Waals surface area (Å²) in [6.07, 6.45) is 0. The van der Waals surface area contributed by atoms with Crippen LogP contribution < -0.4 is 5.32 Å². The zero-order chi connectivity index (χ0) is 14.6. The van der Waals surface area contributed by atoms with Crippen molar-refractivity contribution in [3.63, 3.8) is 0 Å². The first-order chi connectivity index (χ1) is 8.74. The van der Waals surface area contributed by atoms with Crippen molar-refractivity contribution in [2.24, 2.45) is 11.8 Å². The predicted molar refractivity (Wildman–Crippen MR) is 81.4 cm³/mol. The smallest absolute Gasteiger partial charge is 0.165 e. The average Bonchev–Trinajstić information content (AvgIpc) is 2.36. The third kappa shape index (κ3) is 4.46. The number of rotatable bonds is 6. The molecule has 2 nitrogen and oxygen atoms in total. The van der Waals surface area contributed by atoms with Gasteiger partial charge in [0.25, 0.3) is 0 Å². The van der Waals surface area contributed by atoms with Crippen molar-refractivity contribution in [2.45, 2.75) is 53.6 Å². The van der Waals surface area contributed by atoms with Crippen molar-refractivity contribution in [1.29, 1.82) is 0 Å². The van der Waals surface area contributed by atoms with Gasteiger partial charge in [0, 0.05) is 23.6 Å². The van der Waals surface area contributed by atoms with Crippen LogP contribution in [0.5, 0.6) is 0 Å². The molecule has 2 heteroatoms. The van der Waals surface area contributed by atoms with Gasteiger partial charge in [0.1, 0.15) is 0 Å². The molecule has 0 unspecified atom stereocenters. The number of nitrogens with one attached hydrogen (secondary N) is 1. The Morgan fingerprint density at radius 3 is 2.05 bits per heavy atom. The number of carbonyl (C=O) groups excluding carboxylic acids is 1. The van der Waals surface area contributed by atoms with Crippen molar-refractivity contribution in [2.75, 3.05) is 0 Å². The molecule has 0 atom stereocenters. The largest absolute Gasteiger partial charge is 0.307 e. The van der Waals surface area contributed by atoms with E-state index in [9.17, 15) is 4.79 Å². The average molecular weight is 261 g/mol. The lowest BCUT2D eigenvalue weighted by molar-refractivity contribution is 0.0939. The highest BCUT2D eigenvalue weighted by Gasteiger charge is 2.21. The van der Waals surface area contributed by atoms with E-state index in [-0.39, 0.29) is 17.2 Å². The summed E-state index contributed by atoms with van der Waals surface area (Å²) in [5, 5.41) is 3.56. The Morgan fingerprint density at radius 2 is 1.63 bits per heavy atom. The number of hydrogen-bond donors (Lipinski definition) is 1. The van der Waals surface area contributed by atoms with Crippen molar-refractivity contribution < 1.29 is 4.79 Å². The van der Waals surface area contributed by atoms with Crippen LogP contribution in [0.25, 0.3) is 0 Å². The van der Waals surface area contributed by atoms with Gasteiger partial charge in [0.15, 0.2) is 5.78 Å². The molecule has 1 aromatic carbocycles. The minimum absolute atomic E-state index is 0.0591. The second-order valence-corrected chi connectivity index (χ2v) is 6.45. The minimum atomic E-state index is 0.0591.